The summed E-state index contributed by atoms with van der Waals surface area (Å²) in [6.07, 6.45) is -4.64. The van der Waals surface area contributed by atoms with Gasteiger partial charge in [-0.15, -0.1) is 0 Å². The van der Waals surface area contributed by atoms with Gasteiger partial charge in [0.15, 0.2) is 0 Å². The summed E-state index contributed by atoms with van der Waals surface area (Å²) >= 11 is 5.52. The van der Waals surface area contributed by atoms with Crippen LogP contribution in [0.4, 0.5) is 30.2 Å². The molecule has 0 aliphatic rings. The third kappa shape index (κ3) is 5.23. The van der Waals surface area contributed by atoms with Crippen LogP contribution in [0.25, 0.3) is 0 Å². The Morgan fingerprint density at radius 3 is 2.56 bits per heavy atom. The highest BCUT2D eigenvalue weighted by Crippen LogP contribution is 2.36. The lowest BCUT2D eigenvalue weighted by atomic mass is 10.2. The Balaban J connectivity index is 2.08. The Kier molecular flexibility index (Phi) is 6.11. The van der Waals surface area contributed by atoms with Gasteiger partial charge in [-0.25, -0.2) is 0 Å². The van der Waals surface area contributed by atoms with Crippen LogP contribution >= 0.6 is 11.6 Å². The van der Waals surface area contributed by atoms with E-state index in [0.29, 0.717) is 0 Å². The van der Waals surface area contributed by atoms with Gasteiger partial charge < -0.3 is 15.4 Å². The zero-order valence-electron chi connectivity index (χ0n) is 13.8. The highest BCUT2D eigenvalue weighted by molar-refractivity contribution is 6.31. The molecule has 0 fully saturated rings. The largest absolute Gasteiger partial charge is 0.496 e. The second-order valence-electron chi connectivity index (χ2n) is 5.23. The lowest BCUT2D eigenvalue weighted by Gasteiger charge is -2.12. The van der Waals surface area contributed by atoms with Crippen LogP contribution < -0.4 is 15.4 Å². The molecule has 2 N–H and O–H groups in total. The van der Waals surface area contributed by atoms with Crippen molar-refractivity contribution in [1.29, 1.82) is 0 Å². The van der Waals surface area contributed by atoms with E-state index >= 15 is 0 Å². The smallest absolute Gasteiger partial charge is 0.417 e. The molecule has 2 aromatic rings. The van der Waals surface area contributed by atoms with E-state index < -0.39 is 34.1 Å². The molecule has 0 unspecified atom stereocenters. The summed E-state index contributed by atoms with van der Waals surface area (Å²) in [5.74, 6) is -0.453. The quantitative estimate of drug-likeness (QED) is 0.553. The number of alkyl halides is 3. The number of benzene rings is 2. The Labute approximate surface area is 156 Å². The maximum absolute atomic E-state index is 12.8. The van der Waals surface area contributed by atoms with Crippen molar-refractivity contribution in [2.75, 3.05) is 24.3 Å². The number of amides is 1. The average molecular weight is 404 g/mol. The van der Waals surface area contributed by atoms with Gasteiger partial charge >= 0.3 is 6.18 Å². The molecule has 0 atom stereocenters. The number of carbonyl (C=O) groups excluding carboxylic acids is 1. The second-order valence-corrected chi connectivity index (χ2v) is 5.64. The number of nitrogens with zero attached hydrogens (tertiary/aromatic N) is 1. The fourth-order valence-electron chi connectivity index (χ4n) is 2.12. The summed E-state index contributed by atoms with van der Waals surface area (Å²) in [6, 6.07) is 6.95. The molecule has 27 heavy (non-hydrogen) atoms. The topological polar surface area (TPSA) is 93.5 Å². The van der Waals surface area contributed by atoms with Gasteiger partial charge in [-0.1, -0.05) is 11.6 Å². The second kappa shape index (κ2) is 8.12. The van der Waals surface area contributed by atoms with Crippen molar-refractivity contribution < 1.29 is 27.6 Å². The zero-order valence-corrected chi connectivity index (χ0v) is 14.5. The van der Waals surface area contributed by atoms with Gasteiger partial charge in [-0.3, -0.25) is 14.9 Å². The summed E-state index contributed by atoms with van der Waals surface area (Å²) < 4.78 is 43.4. The summed E-state index contributed by atoms with van der Waals surface area (Å²) in [5, 5.41) is 15.4. The van der Waals surface area contributed by atoms with E-state index in [1.165, 1.54) is 25.3 Å². The summed E-state index contributed by atoms with van der Waals surface area (Å²) in [5.41, 5.74) is -1.47. The van der Waals surface area contributed by atoms with Crippen molar-refractivity contribution in [3.05, 3.63) is 57.1 Å². The molecule has 144 valence electrons. The first-order valence-corrected chi connectivity index (χ1v) is 7.72. The zero-order chi connectivity index (χ0) is 20.2. The van der Waals surface area contributed by atoms with Crippen molar-refractivity contribution in [2.45, 2.75) is 6.18 Å². The first-order valence-electron chi connectivity index (χ1n) is 7.34. The third-order valence-electron chi connectivity index (χ3n) is 3.40. The summed E-state index contributed by atoms with van der Waals surface area (Å²) in [4.78, 5) is 22.4. The lowest BCUT2D eigenvalue weighted by Crippen LogP contribution is -2.22. The van der Waals surface area contributed by atoms with E-state index in [1.54, 1.807) is 0 Å². The highest BCUT2D eigenvalue weighted by atomic mass is 35.5. The van der Waals surface area contributed by atoms with Gasteiger partial charge in [0.25, 0.3) is 5.69 Å². The monoisotopic (exact) mass is 403 g/mol. The number of anilines is 2. The molecule has 0 radical (unpaired) electrons. The fraction of sp³-hybridized carbons (Fsp3) is 0.188. The van der Waals surface area contributed by atoms with Crippen LogP contribution in [0.5, 0.6) is 5.75 Å². The van der Waals surface area contributed by atoms with Crippen molar-refractivity contribution in [3.8, 4) is 5.75 Å². The Morgan fingerprint density at radius 2 is 1.96 bits per heavy atom. The molecule has 11 heteroatoms. The van der Waals surface area contributed by atoms with Gasteiger partial charge in [0.2, 0.25) is 5.91 Å². The molecule has 0 saturated heterocycles. The van der Waals surface area contributed by atoms with Gasteiger partial charge in [-0.2, -0.15) is 13.2 Å². The number of ether oxygens (including phenoxy) is 1. The minimum absolute atomic E-state index is 0.0195. The summed E-state index contributed by atoms with van der Waals surface area (Å²) in [6.45, 7) is -0.415. The van der Waals surface area contributed by atoms with Crippen LogP contribution in [0.3, 0.4) is 0 Å². The average Bonchev–Trinajstić information content (AvgIpc) is 2.60. The molecular formula is C16H13ClF3N3O4. The molecule has 0 bridgehead atoms. The molecule has 2 aromatic carbocycles. The molecule has 0 aromatic heterocycles. The number of nitrogens with one attached hydrogen (secondary N) is 2. The maximum atomic E-state index is 12.8. The van der Waals surface area contributed by atoms with E-state index in [1.807, 2.05) is 0 Å². The standard InChI is InChI=1S/C16H13ClF3N3O4/c1-27-10-3-5-13(14(7-10)23(25)26)22-15(24)8-21-9-2-4-12(17)11(6-9)16(18,19)20/h2-7,21H,8H2,1H3,(H,22,24). The number of hydrogen-bond donors (Lipinski definition) is 2. The van der Waals surface area contributed by atoms with Gasteiger partial charge in [0, 0.05) is 5.69 Å². The first-order chi connectivity index (χ1) is 12.6. The fourth-order valence-corrected chi connectivity index (χ4v) is 2.35. The number of nitro groups is 1. The van der Waals surface area contributed by atoms with Crippen LogP contribution in [0.15, 0.2) is 36.4 Å². The number of rotatable bonds is 6. The molecule has 0 spiro atoms. The number of halogens is 4. The number of carbonyl (C=O) groups is 1. The minimum atomic E-state index is -4.64. The van der Waals surface area contributed by atoms with E-state index in [9.17, 15) is 28.1 Å². The highest BCUT2D eigenvalue weighted by Gasteiger charge is 2.33. The van der Waals surface area contributed by atoms with Gasteiger partial charge in [-0.05, 0) is 30.3 Å². The predicted molar refractivity (Wildman–Crippen MR) is 93.2 cm³/mol. The van der Waals surface area contributed by atoms with Crippen LogP contribution in [0, 0.1) is 10.1 Å². The molecular weight excluding hydrogens is 391 g/mol. The predicted octanol–water partition coefficient (Wildman–Crippen LogP) is 4.33. The number of nitro benzene ring substituents is 1. The van der Waals surface area contributed by atoms with Crippen LogP contribution in [0.1, 0.15) is 5.56 Å². The van der Waals surface area contributed by atoms with Crippen molar-refractivity contribution in [2.24, 2.45) is 0 Å². The Bertz CT molecular complexity index is 874. The van der Waals surface area contributed by atoms with E-state index in [4.69, 9.17) is 16.3 Å². The van der Waals surface area contributed by atoms with Crippen LogP contribution in [0.2, 0.25) is 5.02 Å². The van der Waals surface area contributed by atoms with Crippen molar-refractivity contribution in [3.63, 3.8) is 0 Å². The lowest BCUT2D eigenvalue weighted by molar-refractivity contribution is -0.384. The molecule has 0 aliphatic carbocycles. The SMILES string of the molecule is COc1ccc(NC(=O)CNc2ccc(Cl)c(C(F)(F)F)c2)c([N+](=O)[O-])c1. The molecule has 0 saturated carbocycles. The molecule has 0 heterocycles. The summed E-state index contributed by atoms with van der Waals surface area (Å²) in [7, 11) is 1.34. The van der Waals surface area contributed by atoms with E-state index in [2.05, 4.69) is 10.6 Å². The molecule has 0 aliphatic heterocycles. The minimum Gasteiger partial charge on any atom is -0.496 e. The Hall–Kier alpha value is -3.01. The van der Waals surface area contributed by atoms with E-state index in [-0.39, 0.29) is 22.8 Å². The van der Waals surface area contributed by atoms with Crippen LogP contribution in [-0.2, 0) is 11.0 Å². The number of hydrogen-bond acceptors (Lipinski definition) is 5. The molecule has 1 amide bonds. The first kappa shape index (κ1) is 20.3. The maximum Gasteiger partial charge on any atom is 0.417 e. The van der Waals surface area contributed by atoms with Gasteiger partial charge in [0.05, 0.1) is 35.2 Å². The third-order valence-corrected chi connectivity index (χ3v) is 3.73. The Morgan fingerprint density at radius 1 is 1.26 bits per heavy atom. The van der Waals surface area contributed by atoms with Crippen molar-refractivity contribution in [1.82, 2.24) is 0 Å². The molecule has 7 nitrogen and oxygen atoms in total. The normalized spacial score (nSPS) is 11.0. The number of methoxy groups -OCH3 is 1. The van der Waals surface area contributed by atoms with Crippen molar-refractivity contribution >= 4 is 34.6 Å². The van der Waals surface area contributed by atoms with Crippen LogP contribution in [-0.4, -0.2) is 24.5 Å². The van der Waals surface area contributed by atoms with E-state index in [0.717, 1.165) is 18.2 Å². The van der Waals surface area contributed by atoms with Gasteiger partial charge in [0.1, 0.15) is 11.4 Å². The molecule has 2 rings (SSSR count).